The van der Waals surface area contributed by atoms with Crippen molar-refractivity contribution >= 4 is 27.3 Å². The highest BCUT2D eigenvalue weighted by Crippen LogP contribution is 2.44. The lowest BCUT2D eigenvalue weighted by Gasteiger charge is -2.16. The molecule has 2 saturated carbocycles. The molecule has 0 aliphatic heterocycles. The van der Waals surface area contributed by atoms with Crippen LogP contribution in [0.15, 0.2) is 15.7 Å². The van der Waals surface area contributed by atoms with Gasteiger partial charge in [0.25, 0.3) is 5.91 Å². The molecule has 104 valence electrons. The molecule has 7 heteroatoms. The maximum atomic E-state index is 12.1. The highest BCUT2D eigenvalue weighted by atomic mass is 32.2. The lowest BCUT2D eigenvalue weighted by Crippen LogP contribution is -2.37. The van der Waals surface area contributed by atoms with Crippen LogP contribution in [0.3, 0.4) is 0 Å². The van der Waals surface area contributed by atoms with Crippen LogP contribution in [0.5, 0.6) is 0 Å². The van der Waals surface area contributed by atoms with Crippen LogP contribution in [0.25, 0.3) is 0 Å². The summed E-state index contributed by atoms with van der Waals surface area (Å²) in [5.41, 5.74) is 0.389. The maximum Gasteiger partial charge on any atom is 0.252 e. The Morgan fingerprint density at radius 1 is 1.32 bits per heavy atom. The normalized spacial score (nSPS) is 19.7. The van der Waals surface area contributed by atoms with Crippen LogP contribution < -0.4 is 10.5 Å². The van der Waals surface area contributed by atoms with Crippen molar-refractivity contribution in [2.24, 2.45) is 17.0 Å². The van der Waals surface area contributed by atoms with Gasteiger partial charge in [0.1, 0.15) is 4.21 Å². The second-order valence-electron chi connectivity index (χ2n) is 5.37. The van der Waals surface area contributed by atoms with E-state index >= 15 is 0 Å². The van der Waals surface area contributed by atoms with E-state index in [1.807, 2.05) is 0 Å². The van der Waals surface area contributed by atoms with Gasteiger partial charge in [-0.05, 0) is 43.6 Å². The number of nitrogens with two attached hydrogens (primary N) is 1. The third-order valence-electron chi connectivity index (χ3n) is 3.68. The van der Waals surface area contributed by atoms with Crippen LogP contribution in [-0.2, 0) is 10.0 Å². The van der Waals surface area contributed by atoms with Gasteiger partial charge < -0.3 is 5.32 Å². The zero-order chi connectivity index (χ0) is 13.6. The number of carbonyl (C=O) groups is 1. The zero-order valence-electron chi connectivity index (χ0n) is 10.3. The quantitative estimate of drug-likeness (QED) is 0.859. The number of amides is 1. The molecule has 0 unspecified atom stereocenters. The summed E-state index contributed by atoms with van der Waals surface area (Å²) in [5, 5.41) is 9.64. The first-order valence-corrected chi connectivity index (χ1v) is 8.80. The summed E-state index contributed by atoms with van der Waals surface area (Å²) in [7, 11) is -3.71. The van der Waals surface area contributed by atoms with Gasteiger partial charge in [0.15, 0.2) is 0 Å². The number of primary sulfonamides is 1. The molecule has 0 spiro atoms. The fourth-order valence-corrected chi connectivity index (χ4v) is 3.94. The van der Waals surface area contributed by atoms with E-state index in [2.05, 4.69) is 5.32 Å². The lowest BCUT2D eigenvalue weighted by atomic mass is 10.1. The highest BCUT2D eigenvalue weighted by molar-refractivity contribution is 7.91. The molecular weight excluding hydrogens is 284 g/mol. The molecule has 1 amide bonds. The van der Waals surface area contributed by atoms with E-state index in [1.54, 1.807) is 5.38 Å². The monoisotopic (exact) mass is 300 g/mol. The number of nitrogens with one attached hydrogen (secondary N) is 1. The van der Waals surface area contributed by atoms with E-state index in [0.29, 0.717) is 17.4 Å². The first-order chi connectivity index (χ1) is 8.95. The predicted octanol–water partition coefficient (Wildman–Crippen LogP) is 1.31. The Bertz CT molecular complexity index is 588. The van der Waals surface area contributed by atoms with Gasteiger partial charge in [0, 0.05) is 11.4 Å². The van der Waals surface area contributed by atoms with Gasteiger partial charge in [0.05, 0.1) is 5.56 Å². The standard InChI is InChI=1S/C12H16N2O3S2/c13-19(16,17)10-5-9(6-18-10)12(15)14-11(7-1-2-7)8-3-4-8/h5-8,11H,1-4H2,(H,14,15)(H2,13,16,17). The van der Waals surface area contributed by atoms with Crippen molar-refractivity contribution in [1.29, 1.82) is 0 Å². The van der Waals surface area contributed by atoms with Crippen molar-refractivity contribution in [3.63, 3.8) is 0 Å². The van der Waals surface area contributed by atoms with E-state index in [-0.39, 0.29) is 16.2 Å². The molecule has 2 aliphatic carbocycles. The van der Waals surface area contributed by atoms with Gasteiger partial charge in [-0.15, -0.1) is 11.3 Å². The number of hydrogen-bond acceptors (Lipinski definition) is 4. The minimum absolute atomic E-state index is 0.0343. The molecule has 0 saturated heterocycles. The minimum atomic E-state index is -3.71. The number of carbonyl (C=O) groups excluding carboxylic acids is 1. The third kappa shape index (κ3) is 2.98. The average Bonchev–Trinajstić information content (AvgIpc) is 3.23. The van der Waals surface area contributed by atoms with E-state index in [4.69, 9.17) is 5.14 Å². The van der Waals surface area contributed by atoms with Crippen LogP contribution in [0, 0.1) is 11.8 Å². The molecule has 0 bridgehead atoms. The topological polar surface area (TPSA) is 89.3 Å². The van der Waals surface area contributed by atoms with Crippen molar-refractivity contribution in [1.82, 2.24) is 5.32 Å². The summed E-state index contributed by atoms with van der Waals surface area (Å²) < 4.78 is 22.4. The Kier molecular flexibility index (Phi) is 3.15. The Morgan fingerprint density at radius 2 is 1.89 bits per heavy atom. The maximum absolute atomic E-state index is 12.1. The Labute approximate surface area is 116 Å². The molecule has 2 aliphatic rings. The van der Waals surface area contributed by atoms with Gasteiger partial charge >= 0.3 is 0 Å². The molecule has 19 heavy (non-hydrogen) atoms. The second-order valence-corrected chi connectivity index (χ2v) is 8.07. The molecule has 0 aromatic carbocycles. The van der Waals surface area contributed by atoms with Crippen molar-refractivity contribution in [2.75, 3.05) is 0 Å². The highest BCUT2D eigenvalue weighted by Gasteiger charge is 2.42. The predicted molar refractivity (Wildman–Crippen MR) is 72.4 cm³/mol. The van der Waals surface area contributed by atoms with Crippen molar-refractivity contribution in [2.45, 2.75) is 35.9 Å². The first-order valence-electron chi connectivity index (χ1n) is 6.37. The summed E-state index contributed by atoms with van der Waals surface area (Å²) in [6.07, 6.45) is 4.75. The van der Waals surface area contributed by atoms with Crippen LogP contribution in [0.2, 0.25) is 0 Å². The number of hydrogen-bond donors (Lipinski definition) is 2. The molecule has 1 aromatic rings. The van der Waals surface area contributed by atoms with Gasteiger partial charge in [0.2, 0.25) is 10.0 Å². The SMILES string of the molecule is NS(=O)(=O)c1cc(C(=O)NC(C2CC2)C2CC2)cs1. The van der Waals surface area contributed by atoms with Gasteiger partial charge in [-0.3, -0.25) is 4.79 Å². The molecular formula is C12H16N2O3S2. The van der Waals surface area contributed by atoms with Gasteiger partial charge in [-0.25, -0.2) is 13.6 Å². The summed E-state index contributed by atoms with van der Waals surface area (Å²) >= 11 is 0.986. The van der Waals surface area contributed by atoms with E-state index in [1.165, 1.54) is 31.7 Å². The summed E-state index contributed by atoms with van der Waals surface area (Å²) in [5.74, 6) is 1.05. The second kappa shape index (κ2) is 4.57. The minimum Gasteiger partial charge on any atom is -0.349 e. The largest absolute Gasteiger partial charge is 0.349 e. The molecule has 0 radical (unpaired) electrons. The first kappa shape index (κ1) is 13.1. The lowest BCUT2D eigenvalue weighted by molar-refractivity contribution is 0.0926. The molecule has 3 N–H and O–H groups in total. The number of rotatable bonds is 5. The molecule has 0 atom stereocenters. The Balaban J connectivity index is 1.71. The molecule has 1 aromatic heterocycles. The van der Waals surface area contributed by atoms with E-state index < -0.39 is 10.0 Å². The number of thiophene rings is 1. The Morgan fingerprint density at radius 3 is 2.32 bits per heavy atom. The van der Waals surface area contributed by atoms with Crippen molar-refractivity contribution < 1.29 is 13.2 Å². The third-order valence-corrected chi connectivity index (χ3v) is 6.06. The van der Waals surface area contributed by atoms with Crippen LogP contribution in [0.1, 0.15) is 36.0 Å². The fourth-order valence-electron chi connectivity index (χ4n) is 2.35. The van der Waals surface area contributed by atoms with Crippen LogP contribution in [-0.4, -0.2) is 20.4 Å². The van der Waals surface area contributed by atoms with Crippen molar-refractivity contribution in [3.8, 4) is 0 Å². The molecule has 5 nitrogen and oxygen atoms in total. The summed E-state index contributed by atoms with van der Waals surface area (Å²) in [6.45, 7) is 0. The van der Waals surface area contributed by atoms with E-state index in [0.717, 1.165) is 11.3 Å². The summed E-state index contributed by atoms with van der Waals surface area (Å²) in [4.78, 5) is 12.1. The smallest absolute Gasteiger partial charge is 0.252 e. The summed E-state index contributed by atoms with van der Waals surface area (Å²) in [6, 6.07) is 1.62. The van der Waals surface area contributed by atoms with Gasteiger partial charge in [-0.2, -0.15) is 0 Å². The van der Waals surface area contributed by atoms with E-state index in [9.17, 15) is 13.2 Å². The van der Waals surface area contributed by atoms with Crippen molar-refractivity contribution in [3.05, 3.63) is 17.0 Å². The fraction of sp³-hybridized carbons (Fsp3) is 0.583. The molecule has 3 rings (SSSR count). The van der Waals surface area contributed by atoms with Crippen LogP contribution in [0.4, 0.5) is 0 Å². The molecule has 1 heterocycles. The number of sulfonamides is 1. The average molecular weight is 300 g/mol. The molecule has 2 fully saturated rings. The Hall–Kier alpha value is -0.920. The zero-order valence-corrected chi connectivity index (χ0v) is 12.0. The van der Waals surface area contributed by atoms with Crippen LogP contribution >= 0.6 is 11.3 Å². The van der Waals surface area contributed by atoms with Gasteiger partial charge in [-0.1, -0.05) is 0 Å².